The number of thiocarbonyl (C=S) groups is 1. The summed E-state index contributed by atoms with van der Waals surface area (Å²) in [5.41, 5.74) is 6.84. The summed E-state index contributed by atoms with van der Waals surface area (Å²) in [5.74, 6) is -0.119. The predicted octanol–water partition coefficient (Wildman–Crippen LogP) is 1.31. The fourth-order valence-corrected chi connectivity index (χ4v) is 3.78. The number of ether oxygens (including phenoxy) is 1. The molecule has 1 saturated heterocycles. The molecule has 1 fully saturated rings. The summed E-state index contributed by atoms with van der Waals surface area (Å²) >= 11 is 4.94. The maximum absolute atomic E-state index is 12.1. The molecule has 0 radical (unpaired) electrons. The first kappa shape index (κ1) is 16.4. The van der Waals surface area contributed by atoms with Crippen LogP contribution < -0.4 is 10.5 Å². The Morgan fingerprint density at radius 1 is 1.43 bits per heavy atom. The van der Waals surface area contributed by atoms with Gasteiger partial charge in [0.1, 0.15) is 4.99 Å². The van der Waals surface area contributed by atoms with E-state index in [0.717, 1.165) is 19.4 Å². The van der Waals surface area contributed by atoms with Crippen LogP contribution in [0.5, 0.6) is 0 Å². The number of nitrogens with one attached hydrogen (secondary N) is 1. The molecule has 1 aromatic carbocycles. The van der Waals surface area contributed by atoms with Gasteiger partial charge in [0.05, 0.1) is 11.9 Å². The van der Waals surface area contributed by atoms with E-state index in [-0.39, 0.29) is 16.8 Å². The summed E-state index contributed by atoms with van der Waals surface area (Å²) in [6.07, 6.45) is 2.94. The third-order valence-electron chi connectivity index (χ3n) is 3.44. The van der Waals surface area contributed by atoms with Gasteiger partial charge in [-0.25, -0.2) is 13.1 Å². The molecule has 1 aromatic rings. The number of sulfonamides is 1. The Hall–Kier alpha value is -1.02. The van der Waals surface area contributed by atoms with Gasteiger partial charge >= 0.3 is 0 Å². The lowest BCUT2D eigenvalue weighted by atomic mass is 10.1. The van der Waals surface area contributed by atoms with Gasteiger partial charge in [0.2, 0.25) is 10.0 Å². The van der Waals surface area contributed by atoms with E-state index >= 15 is 0 Å². The van der Waals surface area contributed by atoms with Crippen LogP contribution in [0.4, 0.5) is 0 Å². The molecular weight excluding hydrogens is 308 g/mol. The molecule has 5 nitrogen and oxygen atoms in total. The van der Waals surface area contributed by atoms with Gasteiger partial charge in [-0.1, -0.05) is 36.5 Å². The van der Waals surface area contributed by atoms with E-state index in [4.69, 9.17) is 22.7 Å². The van der Waals surface area contributed by atoms with Crippen LogP contribution in [0.25, 0.3) is 0 Å². The van der Waals surface area contributed by atoms with Crippen molar-refractivity contribution in [2.24, 2.45) is 5.73 Å². The minimum Gasteiger partial charge on any atom is -0.389 e. The SMILES string of the molecule is NC(=S)c1ccccc1CS(=O)(=O)NCCC1CCCO1. The van der Waals surface area contributed by atoms with Crippen LogP contribution in [0.3, 0.4) is 0 Å². The normalized spacial score (nSPS) is 18.8. The molecule has 1 atom stereocenters. The lowest BCUT2D eigenvalue weighted by molar-refractivity contribution is 0.105. The van der Waals surface area contributed by atoms with Crippen LogP contribution in [0.1, 0.15) is 30.4 Å². The number of hydrogen-bond acceptors (Lipinski definition) is 4. The molecule has 0 bridgehead atoms. The van der Waals surface area contributed by atoms with Crippen LogP contribution in [0.15, 0.2) is 24.3 Å². The number of nitrogens with two attached hydrogens (primary N) is 1. The zero-order chi connectivity index (χ0) is 15.3. The van der Waals surface area contributed by atoms with E-state index in [9.17, 15) is 8.42 Å². The van der Waals surface area contributed by atoms with Crippen molar-refractivity contribution in [3.8, 4) is 0 Å². The zero-order valence-electron chi connectivity index (χ0n) is 11.7. The highest BCUT2D eigenvalue weighted by Crippen LogP contribution is 2.15. The molecule has 7 heteroatoms. The summed E-state index contributed by atoms with van der Waals surface area (Å²) < 4.78 is 32.3. The van der Waals surface area contributed by atoms with Crippen LogP contribution in [-0.4, -0.2) is 32.7 Å². The second-order valence-corrected chi connectivity index (χ2v) is 7.35. The average Bonchev–Trinajstić information content (AvgIpc) is 2.91. The second kappa shape index (κ2) is 7.31. The quantitative estimate of drug-likeness (QED) is 0.738. The second-order valence-electron chi connectivity index (χ2n) is 5.10. The van der Waals surface area contributed by atoms with Gasteiger partial charge < -0.3 is 10.5 Å². The van der Waals surface area contributed by atoms with Gasteiger partial charge in [-0.3, -0.25) is 0 Å². The number of benzene rings is 1. The molecule has 0 aliphatic carbocycles. The molecule has 3 N–H and O–H groups in total. The third-order valence-corrected chi connectivity index (χ3v) is 5.00. The average molecular weight is 328 g/mol. The Labute approximate surface area is 130 Å². The van der Waals surface area contributed by atoms with Gasteiger partial charge in [-0.15, -0.1) is 0 Å². The first-order valence-corrected chi connectivity index (χ1v) is 9.00. The Morgan fingerprint density at radius 3 is 2.86 bits per heavy atom. The maximum Gasteiger partial charge on any atom is 0.215 e. The van der Waals surface area contributed by atoms with Crippen LogP contribution in [0, 0.1) is 0 Å². The molecule has 1 heterocycles. The highest BCUT2D eigenvalue weighted by atomic mass is 32.2. The summed E-state index contributed by atoms with van der Waals surface area (Å²) in [6.45, 7) is 1.17. The van der Waals surface area contributed by atoms with Gasteiger partial charge in [-0.05, 0) is 24.8 Å². The van der Waals surface area contributed by atoms with E-state index in [1.165, 1.54) is 0 Å². The van der Waals surface area contributed by atoms with E-state index in [1.807, 2.05) is 0 Å². The summed E-state index contributed by atoms with van der Waals surface area (Å²) in [4.78, 5) is 0.208. The molecule has 1 unspecified atom stereocenters. The van der Waals surface area contributed by atoms with Crippen molar-refractivity contribution >= 4 is 27.2 Å². The van der Waals surface area contributed by atoms with Crippen molar-refractivity contribution in [3.63, 3.8) is 0 Å². The predicted molar refractivity (Wildman–Crippen MR) is 86.5 cm³/mol. The molecule has 116 valence electrons. The first-order valence-electron chi connectivity index (χ1n) is 6.94. The van der Waals surface area contributed by atoms with Crippen molar-refractivity contribution in [1.29, 1.82) is 0 Å². The molecule has 21 heavy (non-hydrogen) atoms. The van der Waals surface area contributed by atoms with Crippen molar-refractivity contribution < 1.29 is 13.2 Å². The monoisotopic (exact) mass is 328 g/mol. The molecule has 1 aliphatic rings. The fraction of sp³-hybridized carbons (Fsp3) is 0.500. The lowest BCUT2D eigenvalue weighted by Gasteiger charge is -2.12. The Kier molecular flexibility index (Phi) is 5.69. The summed E-state index contributed by atoms with van der Waals surface area (Å²) in [7, 11) is -3.40. The molecule has 0 saturated carbocycles. The molecule has 2 rings (SSSR count). The molecule has 0 amide bonds. The van der Waals surface area contributed by atoms with E-state index in [0.29, 0.717) is 24.1 Å². The minimum atomic E-state index is -3.40. The topological polar surface area (TPSA) is 81.4 Å². The van der Waals surface area contributed by atoms with Crippen LogP contribution in [0.2, 0.25) is 0 Å². The van der Waals surface area contributed by atoms with Gasteiger partial charge in [-0.2, -0.15) is 0 Å². The number of rotatable bonds is 7. The number of hydrogen-bond donors (Lipinski definition) is 2. The molecular formula is C14H20N2O3S2. The first-order chi connectivity index (χ1) is 9.98. The third kappa shape index (κ3) is 5.03. The maximum atomic E-state index is 12.1. The smallest absolute Gasteiger partial charge is 0.215 e. The zero-order valence-corrected chi connectivity index (χ0v) is 13.4. The molecule has 0 spiro atoms. The van der Waals surface area contributed by atoms with Crippen molar-refractivity contribution in [1.82, 2.24) is 4.72 Å². The molecule has 1 aliphatic heterocycles. The van der Waals surface area contributed by atoms with Gasteiger partial charge in [0.25, 0.3) is 0 Å². The van der Waals surface area contributed by atoms with Crippen molar-refractivity contribution in [2.45, 2.75) is 31.1 Å². The Morgan fingerprint density at radius 2 is 2.19 bits per heavy atom. The minimum absolute atomic E-state index is 0.119. The van der Waals surface area contributed by atoms with Gasteiger partial charge in [0, 0.05) is 18.7 Å². The van der Waals surface area contributed by atoms with Crippen molar-refractivity contribution in [2.75, 3.05) is 13.2 Å². The van der Waals surface area contributed by atoms with E-state index in [2.05, 4.69) is 4.72 Å². The highest BCUT2D eigenvalue weighted by Gasteiger charge is 2.18. The standard InChI is InChI=1S/C14H20N2O3S2/c15-14(20)13-6-2-1-4-11(13)10-21(17,18)16-8-7-12-5-3-9-19-12/h1-2,4,6,12,16H,3,5,7-10H2,(H2,15,20). The Balaban J connectivity index is 1.92. The largest absolute Gasteiger partial charge is 0.389 e. The molecule has 0 aromatic heterocycles. The fourth-order valence-electron chi connectivity index (χ4n) is 2.39. The summed E-state index contributed by atoms with van der Waals surface area (Å²) in [5, 5.41) is 0. The van der Waals surface area contributed by atoms with Crippen LogP contribution in [-0.2, 0) is 20.5 Å². The lowest BCUT2D eigenvalue weighted by Crippen LogP contribution is -2.29. The highest BCUT2D eigenvalue weighted by molar-refractivity contribution is 7.88. The Bertz CT molecular complexity index is 596. The van der Waals surface area contributed by atoms with Crippen molar-refractivity contribution in [3.05, 3.63) is 35.4 Å². The van der Waals surface area contributed by atoms with Crippen LogP contribution >= 0.6 is 12.2 Å². The van der Waals surface area contributed by atoms with E-state index < -0.39 is 10.0 Å². The van der Waals surface area contributed by atoms with E-state index in [1.54, 1.807) is 24.3 Å². The summed E-state index contributed by atoms with van der Waals surface area (Å²) in [6, 6.07) is 7.03. The van der Waals surface area contributed by atoms with Gasteiger partial charge in [0.15, 0.2) is 0 Å².